The molecule has 0 saturated heterocycles. The first-order chi connectivity index (χ1) is 5.40. The molecule has 0 aliphatic rings. The highest BCUT2D eigenvalue weighted by atomic mass is 16.5. The lowest BCUT2D eigenvalue weighted by Crippen LogP contribution is -2.49. The van der Waals surface area contributed by atoms with Gasteiger partial charge in [0.1, 0.15) is 0 Å². The van der Waals surface area contributed by atoms with Gasteiger partial charge in [-0.2, -0.15) is 0 Å². The Balaban J connectivity index is 3.96. The summed E-state index contributed by atoms with van der Waals surface area (Å²) in [5.41, 5.74) is 0. The smallest absolute Gasteiger partial charge is 0.190 e. The minimum Gasteiger partial charge on any atom is -0.327 e. The molecule has 74 valence electrons. The van der Waals surface area contributed by atoms with Gasteiger partial charge in [-0.3, -0.25) is 0 Å². The number of nitrogens with zero attached hydrogens (tertiary/aromatic N) is 1. The lowest BCUT2D eigenvalue weighted by molar-refractivity contribution is -0.936. The van der Waals surface area contributed by atoms with Crippen molar-refractivity contribution < 1.29 is 9.22 Å². The van der Waals surface area contributed by atoms with Crippen molar-refractivity contribution in [1.29, 1.82) is 0 Å². The van der Waals surface area contributed by atoms with Gasteiger partial charge in [-0.05, 0) is 20.3 Å². The third kappa shape index (κ3) is 4.07. The van der Waals surface area contributed by atoms with Crippen LogP contribution in [0.5, 0.6) is 0 Å². The van der Waals surface area contributed by atoms with Crippen molar-refractivity contribution in [2.75, 3.05) is 20.6 Å². The summed E-state index contributed by atoms with van der Waals surface area (Å²) in [5.74, 6) is 0. The van der Waals surface area contributed by atoms with E-state index in [0.29, 0.717) is 12.3 Å². The molecule has 0 aromatic rings. The monoisotopic (exact) mass is 174 g/mol. The van der Waals surface area contributed by atoms with Gasteiger partial charge in [-0.1, -0.05) is 6.92 Å². The second-order valence-electron chi connectivity index (χ2n) is 4.29. The van der Waals surface area contributed by atoms with E-state index in [1.165, 1.54) is 13.0 Å². The van der Waals surface area contributed by atoms with Crippen LogP contribution in [-0.4, -0.2) is 37.5 Å². The van der Waals surface area contributed by atoms with E-state index < -0.39 is 0 Å². The van der Waals surface area contributed by atoms with Gasteiger partial charge in [0.25, 0.3) is 0 Å². The molecule has 1 atom stereocenters. The summed E-state index contributed by atoms with van der Waals surface area (Å²) in [6.45, 7) is 9.70. The van der Waals surface area contributed by atoms with Crippen LogP contribution in [0.15, 0.2) is 0 Å². The fourth-order valence-electron chi connectivity index (χ4n) is 1.32. The van der Waals surface area contributed by atoms with Crippen molar-refractivity contribution in [3.63, 3.8) is 0 Å². The molecule has 0 fully saturated rings. The predicted molar refractivity (Wildman–Crippen MR) is 52.9 cm³/mol. The van der Waals surface area contributed by atoms with Gasteiger partial charge in [0.15, 0.2) is 6.23 Å². The second kappa shape index (κ2) is 4.83. The summed E-state index contributed by atoms with van der Waals surface area (Å²) in [6.07, 6.45) is 1.83. The molecule has 0 radical (unpaired) electrons. The van der Waals surface area contributed by atoms with E-state index in [2.05, 4.69) is 41.8 Å². The predicted octanol–water partition coefficient (Wildman–Crippen LogP) is 2.24. The van der Waals surface area contributed by atoms with Gasteiger partial charge >= 0.3 is 0 Å². The average Bonchev–Trinajstić information content (AvgIpc) is 1.85. The zero-order chi connectivity index (χ0) is 9.78. The first-order valence-electron chi connectivity index (χ1n) is 4.88. The molecule has 0 aromatic heterocycles. The quantitative estimate of drug-likeness (QED) is 0.459. The largest absolute Gasteiger partial charge is 0.327 e. The van der Waals surface area contributed by atoms with Crippen molar-refractivity contribution in [3.8, 4) is 0 Å². The highest BCUT2D eigenvalue weighted by Gasteiger charge is 2.23. The van der Waals surface area contributed by atoms with Gasteiger partial charge in [-0.15, -0.1) is 0 Å². The molecule has 2 nitrogen and oxygen atoms in total. The van der Waals surface area contributed by atoms with Crippen molar-refractivity contribution in [3.05, 3.63) is 0 Å². The first-order valence-corrected chi connectivity index (χ1v) is 4.88. The zero-order valence-corrected chi connectivity index (χ0v) is 9.42. The van der Waals surface area contributed by atoms with Crippen LogP contribution in [0.4, 0.5) is 0 Å². The third-order valence-corrected chi connectivity index (χ3v) is 2.25. The Kier molecular flexibility index (Phi) is 4.80. The number of hydrogen-bond donors (Lipinski definition) is 0. The number of hydrogen-bond acceptors (Lipinski definition) is 1. The van der Waals surface area contributed by atoms with Crippen LogP contribution in [0.1, 0.15) is 34.1 Å². The molecule has 0 N–H and O–H groups in total. The number of quaternary nitrogens is 1. The van der Waals surface area contributed by atoms with E-state index in [9.17, 15) is 0 Å². The third-order valence-electron chi connectivity index (χ3n) is 2.25. The van der Waals surface area contributed by atoms with Gasteiger partial charge in [0, 0.05) is 6.92 Å². The molecule has 1 unspecified atom stereocenters. The molecule has 0 spiro atoms. The molecule has 0 rings (SSSR count). The van der Waals surface area contributed by atoms with E-state index in [1.807, 2.05) is 0 Å². The van der Waals surface area contributed by atoms with E-state index >= 15 is 0 Å². The molecule has 2 heteroatoms. The second-order valence-corrected chi connectivity index (χ2v) is 4.29. The minimum atomic E-state index is 0.296. The standard InChI is InChI=1S/C10H24NO/c1-7-8-11(5,6)10(4)12-9(2)3/h9-10H,7-8H2,1-6H3/q+1. The molecule has 0 aromatic carbocycles. The summed E-state index contributed by atoms with van der Waals surface area (Å²) in [5, 5.41) is 0. The van der Waals surface area contributed by atoms with E-state index in [-0.39, 0.29) is 0 Å². The molecule has 0 saturated carbocycles. The molecular weight excluding hydrogens is 150 g/mol. The SMILES string of the molecule is CCC[N+](C)(C)C(C)OC(C)C. The summed E-state index contributed by atoms with van der Waals surface area (Å²) in [6, 6.07) is 0. The Morgan fingerprint density at radius 1 is 1.17 bits per heavy atom. The Hall–Kier alpha value is -0.0800. The Bertz CT molecular complexity index is 121. The first kappa shape index (κ1) is 11.9. The normalized spacial score (nSPS) is 15.2. The zero-order valence-electron chi connectivity index (χ0n) is 9.42. The minimum absolute atomic E-state index is 0.296. The van der Waals surface area contributed by atoms with E-state index in [4.69, 9.17) is 4.74 Å². The van der Waals surface area contributed by atoms with Crippen LogP contribution in [0.3, 0.4) is 0 Å². The van der Waals surface area contributed by atoms with Crippen LogP contribution in [-0.2, 0) is 4.74 Å². The fourth-order valence-corrected chi connectivity index (χ4v) is 1.32. The van der Waals surface area contributed by atoms with Crippen molar-refractivity contribution >= 4 is 0 Å². The van der Waals surface area contributed by atoms with Crippen LogP contribution in [0.25, 0.3) is 0 Å². The Morgan fingerprint density at radius 3 is 2.00 bits per heavy atom. The summed E-state index contributed by atoms with van der Waals surface area (Å²) >= 11 is 0. The van der Waals surface area contributed by atoms with Crippen molar-refractivity contribution in [1.82, 2.24) is 0 Å². The lowest BCUT2D eigenvalue weighted by atomic mass is 10.3. The van der Waals surface area contributed by atoms with Crippen molar-refractivity contribution in [2.24, 2.45) is 0 Å². The maximum atomic E-state index is 5.74. The van der Waals surface area contributed by atoms with Crippen LogP contribution >= 0.6 is 0 Å². The Morgan fingerprint density at radius 2 is 1.67 bits per heavy atom. The average molecular weight is 174 g/mol. The Labute approximate surface area is 77.1 Å². The van der Waals surface area contributed by atoms with E-state index in [0.717, 1.165) is 4.48 Å². The maximum Gasteiger partial charge on any atom is 0.190 e. The van der Waals surface area contributed by atoms with E-state index in [1.54, 1.807) is 0 Å². The van der Waals surface area contributed by atoms with Gasteiger partial charge in [0.2, 0.25) is 0 Å². The maximum absolute atomic E-state index is 5.74. The van der Waals surface area contributed by atoms with Gasteiger partial charge < -0.3 is 9.22 Å². The highest BCUT2D eigenvalue weighted by Crippen LogP contribution is 2.10. The molecule has 0 heterocycles. The van der Waals surface area contributed by atoms with Crippen molar-refractivity contribution in [2.45, 2.75) is 46.4 Å². The van der Waals surface area contributed by atoms with Gasteiger partial charge in [-0.25, -0.2) is 0 Å². The molecular formula is C10H24NO+. The van der Waals surface area contributed by atoms with Gasteiger partial charge in [0.05, 0.1) is 26.7 Å². The van der Waals surface area contributed by atoms with Crippen LogP contribution < -0.4 is 0 Å². The molecule has 0 bridgehead atoms. The summed E-state index contributed by atoms with van der Waals surface area (Å²) in [7, 11) is 4.44. The molecule has 12 heavy (non-hydrogen) atoms. The summed E-state index contributed by atoms with van der Waals surface area (Å²) in [4.78, 5) is 0. The number of ether oxygens (including phenoxy) is 1. The number of rotatable bonds is 5. The fraction of sp³-hybridized carbons (Fsp3) is 1.00. The molecule has 0 aliphatic carbocycles. The molecule has 0 amide bonds. The molecule has 0 aliphatic heterocycles. The van der Waals surface area contributed by atoms with Crippen LogP contribution in [0, 0.1) is 0 Å². The topological polar surface area (TPSA) is 9.23 Å². The summed E-state index contributed by atoms with van der Waals surface area (Å²) < 4.78 is 6.69. The van der Waals surface area contributed by atoms with Crippen LogP contribution in [0.2, 0.25) is 0 Å². The highest BCUT2D eigenvalue weighted by molar-refractivity contribution is 4.41. The lowest BCUT2D eigenvalue weighted by Gasteiger charge is -2.36.